The average Bonchev–Trinajstić information content (AvgIpc) is 2.85. The van der Waals surface area contributed by atoms with Crippen molar-refractivity contribution in [3.05, 3.63) is 29.6 Å². The van der Waals surface area contributed by atoms with Crippen LogP contribution in [0.3, 0.4) is 0 Å². The molecule has 5 nitrogen and oxygen atoms in total. The molecule has 0 fully saturated rings. The summed E-state index contributed by atoms with van der Waals surface area (Å²) >= 11 is 0. The van der Waals surface area contributed by atoms with Gasteiger partial charge in [0.25, 0.3) is 0 Å². The molecule has 0 saturated carbocycles. The number of fused-ring (bicyclic) bond motifs is 1. The molecule has 0 bridgehead atoms. The predicted octanol–water partition coefficient (Wildman–Crippen LogP) is 3.53. The highest BCUT2D eigenvalue weighted by atomic mass is 16.2. The molecule has 0 spiro atoms. The van der Waals surface area contributed by atoms with E-state index in [-0.39, 0.29) is 11.4 Å². The zero-order valence-electron chi connectivity index (χ0n) is 14.1. The van der Waals surface area contributed by atoms with Gasteiger partial charge in [0.2, 0.25) is 0 Å². The lowest BCUT2D eigenvalue weighted by Gasteiger charge is -2.18. The summed E-state index contributed by atoms with van der Waals surface area (Å²) in [6.07, 6.45) is 0. The molecule has 0 aliphatic rings. The molecular weight excluding hydrogens is 276 g/mol. The van der Waals surface area contributed by atoms with Crippen LogP contribution in [0, 0.1) is 5.41 Å². The summed E-state index contributed by atoms with van der Waals surface area (Å²) in [6, 6.07) is 5.89. The number of H-pyrrole nitrogens is 1. The minimum atomic E-state index is -0.137. The topological polar surface area (TPSA) is 69.8 Å². The number of rotatable bonds is 4. The number of imidazole rings is 1. The molecule has 22 heavy (non-hydrogen) atoms. The Balaban J connectivity index is 1.95. The van der Waals surface area contributed by atoms with Crippen molar-refractivity contribution in [2.75, 3.05) is 6.54 Å². The minimum absolute atomic E-state index is 0.0828. The summed E-state index contributed by atoms with van der Waals surface area (Å²) in [5.74, 6) is 1.36. The van der Waals surface area contributed by atoms with Gasteiger partial charge in [-0.25, -0.2) is 9.78 Å². The summed E-state index contributed by atoms with van der Waals surface area (Å²) in [4.78, 5) is 19.7. The number of aromatic amines is 1. The molecule has 1 heterocycles. The Kier molecular flexibility index (Phi) is 4.74. The van der Waals surface area contributed by atoms with Crippen molar-refractivity contribution < 1.29 is 4.79 Å². The molecule has 0 atom stereocenters. The van der Waals surface area contributed by atoms with E-state index >= 15 is 0 Å². The van der Waals surface area contributed by atoms with E-state index in [1.165, 1.54) is 0 Å². The van der Waals surface area contributed by atoms with Crippen molar-refractivity contribution in [1.29, 1.82) is 0 Å². The van der Waals surface area contributed by atoms with Crippen LogP contribution < -0.4 is 10.6 Å². The number of nitrogens with one attached hydrogen (secondary N) is 3. The second kappa shape index (κ2) is 6.38. The number of urea groups is 1. The van der Waals surface area contributed by atoms with Gasteiger partial charge in [0.05, 0.1) is 11.0 Å². The highest BCUT2D eigenvalue weighted by Crippen LogP contribution is 2.18. The van der Waals surface area contributed by atoms with E-state index in [0.29, 0.717) is 19.0 Å². The molecule has 0 aliphatic heterocycles. The molecule has 3 N–H and O–H groups in total. The van der Waals surface area contributed by atoms with Crippen molar-refractivity contribution in [3.8, 4) is 0 Å². The summed E-state index contributed by atoms with van der Waals surface area (Å²) in [5.41, 5.74) is 3.11. The van der Waals surface area contributed by atoms with E-state index in [1.54, 1.807) is 0 Å². The molecule has 0 unspecified atom stereocenters. The molecule has 1 aromatic carbocycles. The Labute approximate surface area is 131 Å². The average molecular weight is 302 g/mol. The van der Waals surface area contributed by atoms with Crippen LogP contribution in [0.2, 0.25) is 0 Å². The number of carbonyl (C=O) groups is 1. The van der Waals surface area contributed by atoms with Crippen molar-refractivity contribution in [2.45, 2.75) is 47.1 Å². The van der Waals surface area contributed by atoms with Gasteiger partial charge in [-0.05, 0) is 23.1 Å². The maximum absolute atomic E-state index is 11.8. The van der Waals surface area contributed by atoms with Gasteiger partial charge in [0.15, 0.2) is 0 Å². The Hall–Kier alpha value is -2.04. The monoisotopic (exact) mass is 302 g/mol. The number of hydrogen-bond donors (Lipinski definition) is 3. The van der Waals surface area contributed by atoms with Crippen molar-refractivity contribution >= 4 is 17.1 Å². The molecule has 2 aromatic rings. The fraction of sp³-hybridized carbons (Fsp3) is 0.529. The van der Waals surface area contributed by atoms with Gasteiger partial charge < -0.3 is 15.6 Å². The number of carbonyl (C=O) groups excluding carboxylic acids is 1. The summed E-state index contributed by atoms with van der Waals surface area (Å²) in [5, 5.41) is 5.76. The molecule has 0 aliphatic carbocycles. The second-order valence-electron chi connectivity index (χ2n) is 7.23. The van der Waals surface area contributed by atoms with Gasteiger partial charge in [-0.3, -0.25) is 0 Å². The molecule has 0 saturated heterocycles. The third kappa shape index (κ3) is 4.48. The van der Waals surface area contributed by atoms with E-state index < -0.39 is 0 Å². The number of amides is 2. The van der Waals surface area contributed by atoms with Gasteiger partial charge in [0.1, 0.15) is 5.82 Å². The highest BCUT2D eigenvalue weighted by Gasteiger charge is 2.12. The van der Waals surface area contributed by atoms with Crippen LogP contribution in [-0.4, -0.2) is 22.5 Å². The van der Waals surface area contributed by atoms with E-state index in [0.717, 1.165) is 22.4 Å². The number of aromatic nitrogens is 2. The fourth-order valence-electron chi connectivity index (χ4n) is 2.05. The molecular formula is C17H26N4O. The quantitative estimate of drug-likeness (QED) is 0.808. The maximum Gasteiger partial charge on any atom is 0.315 e. The van der Waals surface area contributed by atoms with Gasteiger partial charge in [-0.1, -0.05) is 40.7 Å². The SMILES string of the molecule is CC(C)c1nc2ccc(CNC(=O)NCC(C)(C)C)cc2[nH]1. The first kappa shape index (κ1) is 16.3. The molecule has 2 rings (SSSR count). The van der Waals surface area contributed by atoms with Crippen LogP contribution in [-0.2, 0) is 6.54 Å². The number of hydrogen-bond acceptors (Lipinski definition) is 2. The van der Waals surface area contributed by atoms with Crippen molar-refractivity contribution in [1.82, 2.24) is 20.6 Å². The third-order valence-corrected chi connectivity index (χ3v) is 3.34. The van der Waals surface area contributed by atoms with Gasteiger partial charge in [-0.2, -0.15) is 0 Å². The predicted molar refractivity (Wildman–Crippen MR) is 89.9 cm³/mol. The first-order valence-electron chi connectivity index (χ1n) is 7.75. The molecule has 120 valence electrons. The van der Waals surface area contributed by atoms with E-state index in [1.807, 2.05) is 18.2 Å². The second-order valence-corrected chi connectivity index (χ2v) is 7.23. The lowest BCUT2D eigenvalue weighted by molar-refractivity contribution is 0.235. The van der Waals surface area contributed by atoms with E-state index in [9.17, 15) is 4.79 Å². The lowest BCUT2D eigenvalue weighted by atomic mass is 9.97. The summed E-state index contributed by atoms with van der Waals surface area (Å²) in [6.45, 7) is 11.6. The Morgan fingerprint density at radius 1 is 1.27 bits per heavy atom. The van der Waals surface area contributed by atoms with Crippen LogP contribution in [0.15, 0.2) is 18.2 Å². The Bertz CT molecular complexity index is 652. The maximum atomic E-state index is 11.8. The third-order valence-electron chi connectivity index (χ3n) is 3.34. The molecule has 2 amide bonds. The largest absolute Gasteiger partial charge is 0.342 e. The molecule has 1 aromatic heterocycles. The Morgan fingerprint density at radius 3 is 2.64 bits per heavy atom. The normalized spacial score (nSPS) is 11.9. The highest BCUT2D eigenvalue weighted by molar-refractivity contribution is 5.77. The van der Waals surface area contributed by atoms with E-state index in [4.69, 9.17) is 0 Å². The number of nitrogens with zero attached hydrogens (tertiary/aromatic N) is 1. The minimum Gasteiger partial charge on any atom is -0.342 e. The van der Waals surface area contributed by atoms with Crippen LogP contribution in [0.25, 0.3) is 11.0 Å². The lowest BCUT2D eigenvalue weighted by Crippen LogP contribution is -2.39. The summed E-state index contributed by atoms with van der Waals surface area (Å²) < 4.78 is 0. The standard InChI is InChI=1S/C17H26N4O/c1-11(2)15-20-13-7-6-12(8-14(13)21-15)9-18-16(22)19-10-17(3,4)5/h6-8,11H,9-10H2,1-5H3,(H,20,21)(H2,18,19,22). The Morgan fingerprint density at radius 2 is 2.00 bits per heavy atom. The van der Waals surface area contributed by atoms with E-state index in [2.05, 4.69) is 55.2 Å². The first-order valence-corrected chi connectivity index (χ1v) is 7.75. The van der Waals surface area contributed by atoms with Crippen LogP contribution in [0.1, 0.15) is 51.9 Å². The van der Waals surface area contributed by atoms with Gasteiger partial charge in [-0.15, -0.1) is 0 Å². The smallest absolute Gasteiger partial charge is 0.315 e. The zero-order chi connectivity index (χ0) is 16.3. The first-order chi connectivity index (χ1) is 10.2. The van der Waals surface area contributed by atoms with Crippen LogP contribution >= 0.6 is 0 Å². The molecule has 0 radical (unpaired) electrons. The van der Waals surface area contributed by atoms with Crippen LogP contribution in [0.4, 0.5) is 4.79 Å². The van der Waals surface area contributed by atoms with Gasteiger partial charge >= 0.3 is 6.03 Å². The summed E-state index contributed by atoms with van der Waals surface area (Å²) in [7, 11) is 0. The fourth-order valence-corrected chi connectivity index (χ4v) is 2.05. The van der Waals surface area contributed by atoms with Crippen molar-refractivity contribution in [2.24, 2.45) is 5.41 Å². The molecule has 5 heteroatoms. The van der Waals surface area contributed by atoms with Gasteiger partial charge in [0, 0.05) is 19.0 Å². The number of benzene rings is 1. The van der Waals surface area contributed by atoms with Crippen molar-refractivity contribution in [3.63, 3.8) is 0 Å². The van der Waals surface area contributed by atoms with Crippen LogP contribution in [0.5, 0.6) is 0 Å². The zero-order valence-corrected chi connectivity index (χ0v) is 14.1.